The van der Waals surface area contributed by atoms with E-state index in [0.29, 0.717) is 38.4 Å². The number of fused-ring (bicyclic) bond motifs is 1. The van der Waals surface area contributed by atoms with Crippen molar-refractivity contribution in [1.82, 2.24) is 14.8 Å². The molecule has 0 saturated carbocycles. The second-order valence-electron chi connectivity index (χ2n) is 8.26. The zero-order valence-electron chi connectivity index (χ0n) is 18.5. The Morgan fingerprint density at radius 2 is 1.73 bits per heavy atom. The molecule has 4 aromatic rings. The first-order chi connectivity index (χ1) is 16.1. The van der Waals surface area contributed by atoms with Gasteiger partial charge in [-0.3, -0.25) is 9.59 Å². The van der Waals surface area contributed by atoms with Gasteiger partial charge < -0.3 is 14.2 Å². The highest BCUT2D eigenvalue weighted by atomic mass is 32.1. The zero-order chi connectivity index (χ0) is 22.8. The number of thiazole rings is 1. The molecule has 2 amide bonds. The molecule has 5 rings (SSSR count). The zero-order valence-corrected chi connectivity index (χ0v) is 19.3. The lowest BCUT2D eigenvalue weighted by Gasteiger charge is -2.34. The Kier molecular flexibility index (Phi) is 5.96. The topological polar surface area (TPSA) is 66.7 Å². The van der Waals surface area contributed by atoms with Gasteiger partial charge in [-0.05, 0) is 35.4 Å². The maximum absolute atomic E-state index is 13.0. The van der Waals surface area contributed by atoms with Crippen LogP contribution in [0.3, 0.4) is 0 Å². The van der Waals surface area contributed by atoms with E-state index >= 15 is 0 Å². The average molecular weight is 460 g/mol. The highest BCUT2D eigenvalue weighted by Gasteiger charge is 2.26. The first-order valence-corrected chi connectivity index (χ1v) is 11.9. The van der Waals surface area contributed by atoms with Crippen molar-refractivity contribution >= 4 is 33.9 Å². The lowest BCUT2D eigenvalue weighted by Crippen LogP contribution is -2.50. The highest BCUT2D eigenvalue weighted by molar-refractivity contribution is 7.11. The quantitative estimate of drug-likeness (QED) is 0.446. The first kappa shape index (κ1) is 21.4. The molecule has 0 unspecified atom stereocenters. The molecule has 0 radical (unpaired) electrons. The number of benzene rings is 2. The molecule has 0 atom stereocenters. The summed E-state index contributed by atoms with van der Waals surface area (Å²) in [6, 6.07) is 18.1. The first-order valence-electron chi connectivity index (χ1n) is 11.1. The normalized spacial score (nSPS) is 14.1. The monoisotopic (exact) mass is 459 g/mol. The third-order valence-electron chi connectivity index (χ3n) is 6.12. The molecule has 0 N–H and O–H groups in total. The van der Waals surface area contributed by atoms with E-state index in [2.05, 4.69) is 42.5 Å². The minimum Gasteiger partial charge on any atom is -0.459 e. The van der Waals surface area contributed by atoms with Gasteiger partial charge in [0.1, 0.15) is 0 Å². The van der Waals surface area contributed by atoms with Crippen molar-refractivity contribution in [2.75, 3.05) is 26.2 Å². The molecule has 1 aliphatic heterocycles. The van der Waals surface area contributed by atoms with E-state index in [-0.39, 0.29) is 11.8 Å². The van der Waals surface area contributed by atoms with Crippen LogP contribution in [0.2, 0.25) is 0 Å². The van der Waals surface area contributed by atoms with Crippen molar-refractivity contribution in [3.05, 3.63) is 87.8 Å². The Balaban J connectivity index is 1.21. The highest BCUT2D eigenvalue weighted by Crippen LogP contribution is 2.26. The molecule has 1 fully saturated rings. The molecule has 0 spiro atoms. The van der Waals surface area contributed by atoms with Crippen LogP contribution in [-0.4, -0.2) is 52.8 Å². The predicted molar refractivity (Wildman–Crippen MR) is 129 cm³/mol. The summed E-state index contributed by atoms with van der Waals surface area (Å²) >= 11 is 1.62. The number of carbonyl (C=O) groups excluding carboxylic acids is 2. The molecule has 0 bridgehead atoms. The number of piperazine rings is 1. The Bertz CT molecular complexity index is 1280. The van der Waals surface area contributed by atoms with E-state index < -0.39 is 0 Å². The van der Waals surface area contributed by atoms with Crippen molar-refractivity contribution in [2.24, 2.45) is 0 Å². The van der Waals surface area contributed by atoms with E-state index in [0.717, 1.165) is 22.0 Å². The second kappa shape index (κ2) is 9.19. The van der Waals surface area contributed by atoms with E-state index in [4.69, 9.17) is 9.40 Å². The summed E-state index contributed by atoms with van der Waals surface area (Å²) in [5.41, 5.74) is 2.17. The Morgan fingerprint density at radius 1 is 0.970 bits per heavy atom. The fourth-order valence-electron chi connectivity index (χ4n) is 4.30. The SMILES string of the molecule is Cc1nc(Cc2cccc3ccccc23)sc1CC(=O)N1CCN(C(=O)c2ccco2)CC1. The third kappa shape index (κ3) is 4.54. The fourth-order valence-corrected chi connectivity index (χ4v) is 5.39. The summed E-state index contributed by atoms with van der Waals surface area (Å²) in [5.74, 6) is 0.306. The Hall–Kier alpha value is -3.45. The smallest absolute Gasteiger partial charge is 0.289 e. The lowest BCUT2D eigenvalue weighted by atomic mass is 10.0. The van der Waals surface area contributed by atoms with Gasteiger partial charge in [-0.2, -0.15) is 0 Å². The molecule has 0 aliphatic carbocycles. The second-order valence-corrected chi connectivity index (χ2v) is 9.43. The van der Waals surface area contributed by atoms with Gasteiger partial charge in [0.2, 0.25) is 5.91 Å². The lowest BCUT2D eigenvalue weighted by molar-refractivity contribution is -0.131. The minimum absolute atomic E-state index is 0.0866. The molecule has 2 aromatic heterocycles. The van der Waals surface area contributed by atoms with Crippen LogP contribution in [0.25, 0.3) is 10.8 Å². The number of furan rings is 1. The number of hydrogen-bond donors (Lipinski definition) is 0. The standard InChI is InChI=1S/C26H25N3O3S/c1-18-23(33-24(27-18)16-20-8-4-7-19-6-2-3-9-21(19)20)17-25(30)28-11-13-29(14-12-28)26(31)22-10-5-15-32-22/h2-10,15H,11-14,16-17H2,1H3. The van der Waals surface area contributed by atoms with Gasteiger partial charge in [-0.25, -0.2) is 4.98 Å². The van der Waals surface area contributed by atoms with Crippen LogP contribution in [0.1, 0.15) is 31.7 Å². The van der Waals surface area contributed by atoms with E-state index in [1.165, 1.54) is 22.6 Å². The summed E-state index contributed by atoms with van der Waals surface area (Å²) in [4.78, 5) is 34.7. The maximum Gasteiger partial charge on any atom is 0.289 e. The molecule has 1 saturated heterocycles. The summed E-state index contributed by atoms with van der Waals surface area (Å²) in [6.45, 7) is 4.07. The van der Waals surface area contributed by atoms with E-state index in [1.807, 2.05) is 11.8 Å². The van der Waals surface area contributed by atoms with Gasteiger partial charge in [-0.15, -0.1) is 11.3 Å². The predicted octanol–water partition coefficient (Wildman–Crippen LogP) is 4.32. The van der Waals surface area contributed by atoms with Crippen LogP contribution in [0.5, 0.6) is 0 Å². The molecule has 6 nitrogen and oxygen atoms in total. The molecule has 7 heteroatoms. The number of hydrogen-bond acceptors (Lipinski definition) is 5. The summed E-state index contributed by atoms with van der Waals surface area (Å²) in [5, 5.41) is 3.50. The van der Waals surface area contributed by atoms with E-state index in [9.17, 15) is 9.59 Å². The number of aromatic nitrogens is 1. The maximum atomic E-state index is 13.0. The van der Waals surface area contributed by atoms with Gasteiger partial charge >= 0.3 is 0 Å². The molecule has 3 heterocycles. The molecule has 1 aliphatic rings. The van der Waals surface area contributed by atoms with Crippen molar-refractivity contribution < 1.29 is 14.0 Å². The number of amides is 2. The summed E-state index contributed by atoms with van der Waals surface area (Å²) in [7, 11) is 0. The van der Waals surface area contributed by atoms with Crippen LogP contribution in [0.15, 0.2) is 65.3 Å². The van der Waals surface area contributed by atoms with Crippen molar-refractivity contribution in [3.8, 4) is 0 Å². The van der Waals surface area contributed by atoms with Crippen LogP contribution < -0.4 is 0 Å². The number of carbonyl (C=O) groups is 2. The van der Waals surface area contributed by atoms with Crippen molar-refractivity contribution in [1.29, 1.82) is 0 Å². The number of rotatable bonds is 5. The van der Waals surface area contributed by atoms with Crippen LogP contribution in [-0.2, 0) is 17.6 Å². The Labute approximate surface area is 196 Å². The Morgan fingerprint density at radius 3 is 2.52 bits per heavy atom. The average Bonchev–Trinajstić information content (AvgIpc) is 3.49. The van der Waals surface area contributed by atoms with Crippen LogP contribution >= 0.6 is 11.3 Å². The minimum atomic E-state index is -0.122. The van der Waals surface area contributed by atoms with Crippen LogP contribution in [0, 0.1) is 6.92 Å². The van der Waals surface area contributed by atoms with Crippen molar-refractivity contribution in [2.45, 2.75) is 19.8 Å². The number of nitrogens with zero attached hydrogens (tertiary/aromatic N) is 3. The van der Waals surface area contributed by atoms with Gasteiger partial charge in [0, 0.05) is 37.5 Å². The molecular weight excluding hydrogens is 434 g/mol. The molecule has 2 aromatic carbocycles. The largest absolute Gasteiger partial charge is 0.459 e. The summed E-state index contributed by atoms with van der Waals surface area (Å²) in [6.07, 6.45) is 2.61. The third-order valence-corrected chi connectivity index (χ3v) is 7.28. The number of aryl methyl sites for hydroxylation is 1. The van der Waals surface area contributed by atoms with E-state index in [1.54, 1.807) is 28.4 Å². The fraction of sp³-hybridized carbons (Fsp3) is 0.269. The summed E-state index contributed by atoms with van der Waals surface area (Å²) < 4.78 is 5.21. The van der Waals surface area contributed by atoms with Crippen LogP contribution in [0.4, 0.5) is 0 Å². The van der Waals surface area contributed by atoms with Gasteiger partial charge in [-0.1, -0.05) is 42.5 Å². The molecule has 33 heavy (non-hydrogen) atoms. The van der Waals surface area contributed by atoms with Gasteiger partial charge in [0.25, 0.3) is 5.91 Å². The van der Waals surface area contributed by atoms with Crippen molar-refractivity contribution in [3.63, 3.8) is 0 Å². The van der Waals surface area contributed by atoms with Gasteiger partial charge in [0.05, 0.1) is 23.4 Å². The van der Waals surface area contributed by atoms with Gasteiger partial charge in [0.15, 0.2) is 5.76 Å². The molecule has 168 valence electrons. The molecular formula is C26H25N3O3S.